The molecule has 0 aromatic rings. The van der Waals surface area contributed by atoms with Crippen molar-refractivity contribution < 1.29 is 14.1 Å². The molecule has 0 N–H and O–H groups in total. The van der Waals surface area contributed by atoms with Gasteiger partial charge in [-0.05, 0) is 17.4 Å². The van der Waals surface area contributed by atoms with E-state index in [1.165, 1.54) is 0 Å². The summed E-state index contributed by atoms with van der Waals surface area (Å²) < 4.78 is 19.0. The van der Waals surface area contributed by atoms with E-state index in [4.69, 9.17) is 14.1 Å². The van der Waals surface area contributed by atoms with Crippen LogP contribution >= 0.6 is 44.2 Å². The van der Waals surface area contributed by atoms with E-state index in [1.807, 2.05) is 11.0 Å². The molecule has 0 aromatic carbocycles. The lowest BCUT2D eigenvalue weighted by atomic mass is 9.99. The van der Waals surface area contributed by atoms with Crippen molar-refractivity contribution in [3.63, 3.8) is 0 Å². The molecule has 1 aliphatic heterocycles. The third-order valence-electron chi connectivity index (χ3n) is 2.86. The van der Waals surface area contributed by atoms with Crippen LogP contribution in [-0.4, -0.2) is 24.9 Å². The van der Waals surface area contributed by atoms with Crippen LogP contribution in [0.2, 0.25) is 0 Å². The summed E-state index contributed by atoms with van der Waals surface area (Å²) in [5.74, 6) is 0.826. The van der Waals surface area contributed by atoms with E-state index in [0.29, 0.717) is 6.61 Å². The number of rotatable bonds is 5. The molecular weight excluding hydrogens is 381 g/mol. The van der Waals surface area contributed by atoms with Crippen LogP contribution in [0.3, 0.4) is 0 Å². The Bertz CT molecular complexity index is 327. The first-order valence-corrected chi connectivity index (χ1v) is 8.21. The minimum atomic E-state index is -0.321. The second kappa shape index (κ2) is 8.15. The Kier molecular flexibility index (Phi) is 7.62. The second-order valence-electron chi connectivity index (χ2n) is 4.28. The monoisotopic (exact) mass is 400 g/mol. The zero-order valence-corrected chi connectivity index (χ0v) is 14.8. The van der Waals surface area contributed by atoms with Crippen molar-refractivity contribution in [2.75, 3.05) is 6.61 Å². The number of halogens is 1. The SMILES string of the molecule is C=C1O[C@H](/C(C)=C/I)O[C@H](CCOB(P)S)[C@@H]1C. The van der Waals surface area contributed by atoms with E-state index >= 15 is 0 Å². The van der Waals surface area contributed by atoms with E-state index in [2.05, 4.69) is 57.7 Å². The lowest BCUT2D eigenvalue weighted by molar-refractivity contribution is -0.185. The molecule has 0 amide bonds. The van der Waals surface area contributed by atoms with Crippen molar-refractivity contribution in [1.29, 1.82) is 0 Å². The summed E-state index contributed by atoms with van der Waals surface area (Å²) in [6, 6.07) is 0. The molecule has 0 radical (unpaired) electrons. The minimum absolute atomic E-state index is 0.0691. The molecule has 0 saturated carbocycles. The molecular formula is C11H19BIO3PS. The molecule has 4 atom stereocenters. The van der Waals surface area contributed by atoms with E-state index in [0.717, 1.165) is 17.8 Å². The number of hydrogen-bond donors (Lipinski definition) is 1. The lowest BCUT2D eigenvalue weighted by Gasteiger charge is -2.37. The van der Waals surface area contributed by atoms with Gasteiger partial charge in [0, 0.05) is 18.1 Å². The maximum atomic E-state index is 5.94. The minimum Gasteiger partial charge on any atom is -0.466 e. The third kappa shape index (κ3) is 5.04. The topological polar surface area (TPSA) is 27.7 Å². The molecule has 1 fully saturated rings. The van der Waals surface area contributed by atoms with Gasteiger partial charge in [-0.15, -0.1) is 9.12 Å². The van der Waals surface area contributed by atoms with Gasteiger partial charge in [0.25, 0.3) is 0 Å². The Labute approximate surface area is 131 Å². The van der Waals surface area contributed by atoms with E-state index in [9.17, 15) is 0 Å². The molecule has 0 bridgehead atoms. The molecule has 0 spiro atoms. The Morgan fingerprint density at radius 2 is 2.39 bits per heavy atom. The smallest absolute Gasteiger partial charge is 0.380 e. The number of thiol groups is 1. The molecule has 1 aliphatic rings. The highest BCUT2D eigenvalue weighted by molar-refractivity contribution is 14.1. The van der Waals surface area contributed by atoms with E-state index in [-0.39, 0.29) is 24.2 Å². The Morgan fingerprint density at radius 1 is 1.72 bits per heavy atom. The van der Waals surface area contributed by atoms with Gasteiger partial charge in [0.05, 0.1) is 11.9 Å². The summed E-state index contributed by atoms with van der Waals surface area (Å²) in [4.78, 5) is 0. The molecule has 0 aromatic heterocycles. The molecule has 1 rings (SSSR count). The fraction of sp³-hybridized carbons (Fsp3) is 0.636. The van der Waals surface area contributed by atoms with Gasteiger partial charge in [-0.25, -0.2) is 0 Å². The van der Waals surface area contributed by atoms with Gasteiger partial charge in [0.2, 0.25) is 6.29 Å². The summed E-state index contributed by atoms with van der Waals surface area (Å²) in [6.07, 6.45) is 0.554. The van der Waals surface area contributed by atoms with Crippen LogP contribution in [0.15, 0.2) is 22.0 Å². The standard InChI is InChI=1S/C11H19BIO3PS/c1-7(6-13)11-15-9(3)8(2)10(16-11)4-5-14-12(17)18/h6,8,10-11,18H,3-5,17H2,1-2H3/b7-6+/t8-,10-,11+/m1/s1. The van der Waals surface area contributed by atoms with Gasteiger partial charge in [-0.1, -0.05) is 36.1 Å². The lowest BCUT2D eigenvalue weighted by Crippen LogP contribution is -2.38. The first-order valence-electron chi connectivity index (χ1n) is 5.78. The zero-order chi connectivity index (χ0) is 13.7. The van der Waals surface area contributed by atoms with Gasteiger partial charge in [0.15, 0.2) is 0 Å². The van der Waals surface area contributed by atoms with Gasteiger partial charge in [0.1, 0.15) is 0 Å². The van der Waals surface area contributed by atoms with E-state index in [1.54, 1.807) is 0 Å². The molecule has 0 aliphatic carbocycles. The van der Waals surface area contributed by atoms with Crippen molar-refractivity contribution in [1.82, 2.24) is 0 Å². The number of hydrogen-bond acceptors (Lipinski definition) is 4. The predicted octanol–water partition coefficient (Wildman–Crippen LogP) is 3.41. The van der Waals surface area contributed by atoms with Crippen molar-refractivity contribution in [2.24, 2.45) is 5.92 Å². The van der Waals surface area contributed by atoms with Crippen LogP contribution in [-0.2, 0) is 14.1 Å². The summed E-state index contributed by atoms with van der Waals surface area (Å²) in [6.45, 7) is 8.62. The summed E-state index contributed by atoms with van der Waals surface area (Å²) in [5.41, 5.74) is 1.05. The quantitative estimate of drug-likeness (QED) is 0.332. The molecule has 102 valence electrons. The van der Waals surface area contributed by atoms with Crippen molar-refractivity contribution in [3.05, 3.63) is 22.0 Å². The highest BCUT2D eigenvalue weighted by atomic mass is 127. The number of ether oxygens (including phenoxy) is 2. The maximum absolute atomic E-state index is 5.94. The Hall–Kier alpha value is 0.775. The van der Waals surface area contributed by atoms with Crippen LogP contribution < -0.4 is 0 Å². The average molecular weight is 400 g/mol. The highest BCUT2D eigenvalue weighted by Crippen LogP contribution is 2.31. The van der Waals surface area contributed by atoms with Gasteiger partial charge >= 0.3 is 5.91 Å². The fourth-order valence-corrected chi connectivity index (χ4v) is 2.17. The van der Waals surface area contributed by atoms with Crippen molar-refractivity contribution >= 4 is 50.1 Å². The molecule has 1 unspecified atom stereocenters. The van der Waals surface area contributed by atoms with Crippen LogP contribution in [0.25, 0.3) is 0 Å². The van der Waals surface area contributed by atoms with Crippen LogP contribution in [0.1, 0.15) is 20.3 Å². The Morgan fingerprint density at radius 3 is 2.94 bits per heavy atom. The van der Waals surface area contributed by atoms with Crippen molar-refractivity contribution in [3.8, 4) is 0 Å². The molecule has 3 nitrogen and oxygen atoms in total. The zero-order valence-electron chi connectivity index (χ0n) is 10.6. The first-order chi connectivity index (χ1) is 8.45. The highest BCUT2D eigenvalue weighted by Gasteiger charge is 2.32. The van der Waals surface area contributed by atoms with Crippen LogP contribution in [0, 0.1) is 5.92 Å². The molecule has 18 heavy (non-hydrogen) atoms. The summed E-state index contributed by atoms with van der Waals surface area (Å²) in [5, 5.41) is 0. The first kappa shape index (κ1) is 16.8. The van der Waals surface area contributed by atoms with Gasteiger partial charge in [-0.3, -0.25) is 0 Å². The Balaban J connectivity index is 2.56. The predicted molar refractivity (Wildman–Crippen MR) is 90.8 cm³/mol. The summed E-state index contributed by atoms with van der Waals surface area (Å²) >= 11 is 6.33. The molecule has 7 heteroatoms. The third-order valence-corrected chi connectivity index (χ3v) is 4.18. The van der Waals surface area contributed by atoms with Crippen molar-refractivity contribution in [2.45, 2.75) is 32.7 Å². The van der Waals surface area contributed by atoms with Crippen LogP contribution in [0.4, 0.5) is 0 Å². The molecule has 1 saturated heterocycles. The average Bonchev–Trinajstić information content (AvgIpc) is 2.32. The fourth-order valence-electron chi connectivity index (χ4n) is 1.63. The second-order valence-corrected chi connectivity index (χ2v) is 6.58. The van der Waals surface area contributed by atoms with Gasteiger partial charge in [-0.2, -0.15) is 12.5 Å². The van der Waals surface area contributed by atoms with Gasteiger partial charge < -0.3 is 14.1 Å². The maximum Gasteiger partial charge on any atom is 0.380 e. The largest absolute Gasteiger partial charge is 0.466 e. The molecule has 1 heterocycles. The summed E-state index contributed by atoms with van der Waals surface area (Å²) in [7, 11) is 2.49. The van der Waals surface area contributed by atoms with E-state index < -0.39 is 0 Å². The van der Waals surface area contributed by atoms with Crippen LogP contribution in [0.5, 0.6) is 0 Å². The normalized spacial score (nSPS) is 29.1.